The molecule has 0 aliphatic rings. The molecule has 320 valence electrons. The molecule has 65 heavy (non-hydrogen) atoms. The van der Waals surface area contributed by atoms with Crippen molar-refractivity contribution in [1.82, 2.24) is 0 Å². The van der Waals surface area contributed by atoms with Gasteiger partial charge in [-0.15, -0.1) is 0 Å². The maximum atomic E-state index is 2.26. The summed E-state index contributed by atoms with van der Waals surface area (Å²) in [7, 11) is 0. The van der Waals surface area contributed by atoms with Gasteiger partial charge in [0.1, 0.15) is 0 Å². The monoisotopic (exact) mass is 840 g/mol. The number of aryl methyl sites for hydroxylation is 5. The maximum absolute atomic E-state index is 2.26. The zero-order valence-corrected chi connectivity index (χ0v) is 38.5. The summed E-state index contributed by atoms with van der Waals surface area (Å²) in [4.78, 5) is 0. The SMILES string of the molecule is Cc1cc(-c2ccccc2)cc(-c2ccccc2)c1.Cc1ccc(-c2ccccc2)cc1.Cc1cccc(-c2ccccc2)c1.Cc1ccccc1.Cc1ccccc1-c1ccccc1. The van der Waals surface area contributed by atoms with Crippen molar-refractivity contribution in [3.63, 3.8) is 0 Å². The van der Waals surface area contributed by atoms with Crippen LogP contribution in [-0.2, 0) is 0 Å². The lowest BCUT2D eigenvalue weighted by molar-refractivity contribution is 1.46. The Balaban J connectivity index is 0.000000138. The van der Waals surface area contributed by atoms with Gasteiger partial charge in [-0.2, -0.15) is 0 Å². The van der Waals surface area contributed by atoms with Crippen LogP contribution in [0.15, 0.2) is 273 Å². The Morgan fingerprint density at radius 2 is 0.477 bits per heavy atom. The molecule has 0 heteroatoms. The first-order valence-electron chi connectivity index (χ1n) is 22.4. The normalized spacial score (nSPS) is 9.92. The Hall–Kier alpha value is -7.80. The summed E-state index contributed by atoms with van der Waals surface area (Å²) in [5.41, 5.74) is 19.4. The van der Waals surface area contributed by atoms with Gasteiger partial charge in [0.2, 0.25) is 0 Å². The second-order valence-electron chi connectivity index (χ2n) is 16.1. The molecule has 0 unspecified atom stereocenters. The largest absolute Gasteiger partial charge is 0.0622 e. The summed E-state index contributed by atoms with van der Waals surface area (Å²) in [5, 5.41) is 0. The Labute approximate surface area is 389 Å². The van der Waals surface area contributed by atoms with Crippen LogP contribution in [0.25, 0.3) is 55.6 Å². The molecule has 0 aromatic heterocycles. The van der Waals surface area contributed by atoms with E-state index in [0.717, 1.165) is 0 Å². The van der Waals surface area contributed by atoms with Crippen molar-refractivity contribution >= 4 is 0 Å². The molecule has 0 nitrogen and oxygen atoms in total. The smallest absolute Gasteiger partial charge is 0.0155 e. The van der Waals surface area contributed by atoms with E-state index in [2.05, 4.69) is 271 Å². The molecular formula is C65H60. The third kappa shape index (κ3) is 15.5. The van der Waals surface area contributed by atoms with Crippen molar-refractivity contribution in [1.29, 1.82) is 0 Å². The van der Waals surface area contributed by atoms with E-state index < -0.39 is 0 Å². The lowest BCUT2D eigenvalue weighted by atomic mass is 9.97. The topological polar surface area (TPSA) is 0 Å². The third-order valence-electron chi connectivity index (χ3n) is 10.7. The minimum absolute atomic E-state index is 1.27. The second-order valence-corrected chi connectivity index (χ2v) is 16.1. The quantitative estimate of drug-likeness (QED) is 0.162. The predicted molar refractivity (Wildman–Crippen MR) is 283 cm³/mol. The molecule has 0 heterocycles. The van der Waals surface area contributed by atoms with E-state index in [1.807, 2.05) is 36.4 Å². The molecule has 10 aromatic carbocycles. The highest BCUT2D eigenvalue weighted by Crippen LogP contribution is 2.28. The van der Waals surface area contributed by atoms with Crippen molar-refractivity contribution in [3.8, 4) is 55.6 Å². The van der Waals surface area contributed by atoms with Gasteiger partial charge in [0.25, 0.3) is 0 Å². The fraction of sp³-hybridized carbons (Fsp3) is 0.0769. The molecule has 0 saturated carbocycles. The molecule has 10 rings (SSSR count). The van der Waals surface area contributed by atoms with E-state index >= 15 is 0 Å². The Bertz CT molecular complexity index is 2790. The highest BCUT2D eigenvalue weighted by molar-refractivity contribution is 5.74. The minimum atomic E-state index is 1.27. The van der Waals surface area contributed by atoms with Gasteiger partial charge in [-0.05, 0) is 107 Å². The minimum Gasteiger partial charge on any atom is -0.0622 e. The summed E-state index contributed by atoms with van der Waals surface area (Å²) in [5.74, 6) is 0. The van der Waals surface area contributed by atoms with Gasteiger partial charge in [0, 0.05) is 0 Å². The Morgan fingerprint density at radius 3 is 0.892 bits per heavy atom. The molecule has 0 amide bonds. The fourth-order valence-electron chi connectivity index (χ4n) is 7.26. The van der Waals surface area contributed by atoms with Gasteiger partial charge in [-0.3, -0.25) is 0 Å². The number of rotatable bonds is 5. The third-order valence-corrected chi connectivity index (χ3v) is 10.7. The van der Waals surface area contributed by atoms with Gasteiger partial charge < -0.3 is 0 Å². The predicted octanol–water partition coefficient (Wildman–Crippen LogP) is 18.3. The van der Waals surface area contributed by atoms with E-state index in [1.54, 1.807) is 0 Å². The van der Waals surface area contributed by atoms with Gasteiger partial charge in [-0.1, -0.05) is 284 Å². The average molecular weight is 841 g/mol. The van der Waals surface area contributed by atoms with Crippen LogP contribution >= 0.6 is 0 Å². The van der Waals surface area contributed by atoms with Crippen molar-refractivity contribution in [3.05, 3.63) is 301 Å². The summed E-state index contributed by atoms with van der Waals surface area (Å²) in [6.07, 6.45) is 0. The summed E-state index contributed by atoms with van der Waals surface area (Å²) in [6, 6.07) is 95.0. The van der Waals surface area contributed by atoms with Crippen molar-refractivity contribution in [2.45, 2.75) is 34.6 Å². The zero-order valence-electron chi connectivity index (χ0n) is 38.5. The lowest BCUT2D eigenvalue weighted by Gasteiger charge is -2.08. The molecular weight excluding hydrogens is 781 g/mol. The highest BCUT2D eigenvalue weighted by Gasteiger charge is 2.03. The molecule has 0 N–H and O–H groups in total. The average Bonchev–Trinajstić information content (AvgIpc) is 3.37. The van der Waals surface area contributed by atoms with Crippen molar-refractivity contribution in [2.75, 3.05) is 0 Å². The van der Waals surface area contributed by atoms with E-state index in [-0.39, 0.29) is 0 Å². The summed E-state index contributed by atoms with van der Waals surface area (Å²) >= 11 is 0. The van der Waals surface area contributed by atoms with Crippen LogP contribution in [-0.4, -0.2) is 0 Å². The van der Waals surface area contributed by atoms with Crippen LogP contribution in [0.3, 0.4) is 0 Å². The zero-order chi connectivity index (χ0) is 45.5. The fourth-order valence-corrected chi connectivity index (χ4v) is 7.26. The molecule has 0 atom stereocenters. The van der Waals surface area contributed by atoms with Crippen LogP contribution in [0.1, 0.15) is 27.8 Å². The Morgan fingerprint density at radius 1 is 0.169 bits per heavy atom. The molecule has 0 radical (unpaired) electrons. The van der Waals surface area contributed by atoms with Crippen LogP contribution in [0.5, 0.6) is 0 Å². The van der Waals surface area contributed by atoms with Gasteiger partial charge in [0.15, 0.2) is 0 Å². The molecule has 0 aliphatic carbocycles. The van der Waals surface area contributed by atoms with Gasteiger partial charge >= 0.3 is 0 Å². The van der Waals surface area contributed by atoms with E-state index in [1.165, 1.54) is 83.5 Å². The first kappa shape index (κ1) is 46.7. The summed E-state index contributed by atoms with van der Waals surface area (Å²) < 4.78 is 0. The van der Waals surface area contributed by atoms with Crippen molar-refractivity contribution in [2.24, 2.45) is 0 Å². The number of hydrogen-bond donors (Lipinski definition) is 0. The van der Waals surface area contributed by atoms with Crippen LogP contribution in [0, 0.1) is 34.6 Å². The molecule has 0 aliphatic heterocycles. The molecule has 10 aromatic rings. The summed E-state index contributed by atoms with van der Waals surface area (Å²) in [6.45, 7) is 10.6. The molecule has 0 spiro atoms. The first-order valence-corrected chi connectivity index (χ1v) is 22.4. The van der Waals surface area contributed by atoms with Crippen LogP contribution < -0.4 is 0 Å². The van der Waals surface area contributed by atoms with E-state index in [0.29, 0.717) is 0 Å². The lowest BCUT2D eigenvalue weighted by Crippen LogP contribution is -1.84. The molecule has 0 bridgehead atoms. The standard InChI is InChI=1S/C19H16.3C13H12.C7H8/c1-15-12-18(16-8-4-2-5-9-16)14-19(13-15)17-10-6-3-7-11-17;1-11-7-5-6-10-13(11)12-8-3-2-4-9-12;1-11-6-5-9-13(10-11)12-7-3-2-4-8-12;1-11-7-9-13(10-8-11)12-5-3-2-4-6-12;1-7-5-3-2-4-6-7/h2-14H,1H3;3*2-10H,1H3;2-6H,1H3. The van der Waals surface area contributed by atoms with Gasteiger partial charge in [0.05, 0.1) is 0 Å². The first-order chi connectivity index (χ1) is 31.8. The maximum Gasteiger partial charge on any atom is -0.0155 e. The Kier molecular flexibility index (Phi) is 18.2. The molecule has 0 saturated heterocycles. The van der Waals surface area contributed by atoms with Crippen molar-refractivity contribution < 1.29 is 0 Å². The molecule has 0 fully saturated rings. The number of benzene rings is 10. The number of hydrogen-bond acceptors (Lipinski definition) is 0. The van der Waals surface area contributed by atoms with E-state index in [9.17, 15) is 0 Å². The van der Waals surface area contributed by atoms with Gasteiger partial charge in [-0.25, -0.2) is 0 Å². The van der Waals surface area contributed by atoms with Crippen LogP contribution in [0.4, 0.5) is 0 Å². The van der Waals surface area contributed by atoms with E-state index in [4.69, 9.17) is 0 Å². The van der Waals surface area contributed by atoms with Crippen LogP contribution in [0.2, 0.25) is 0 Å². The highest BCUT2D eigenvalue weighted by atomic mass is 14.1. The second kappa shape index (κ2) is 25.3.